The number of benzene rings is 1. The summed E-state index contributed by atoms with van der Waals surface area (Å²) in [7, 11) is 0. The van der Waals surface area contributed by atoms with Gasteiger partial charge in [-0.25, -0.2) is 4.39 Å². The SMILES string of the molecule is CC(C)(C)CN(CC(=O)c1c(F)cccc1Cl)C(=O)c1cnn([C@H]2CC[C@](C)(C(=O)O)CC2)c1C(F)(F)F. The fourth-order valence-corrected chi connectivity index (χ4v) is 5.00. The molecular weight excluding hydrogens is 530 g/mol. The van der Waals surface area contributed by atoms with E-state index >= 15 is 0 Å². The second kappa shape index (κ2) is 10.7. The second-order valence-corrected chi connectivity index (χ2v) is 11.6. The summed E-state index contributed by atoms with van der Waals surface area (Å²) in [5.74, 6) is -3.85. The number of hydrogen-bond acceptors (Lipinski definition) is 4. The van der Waals surface area contributed by atoms with Crippen molar-refractivity contribution < 1.29 is 37.1 Å². The first-order valence-electron chi connectivity index (χ1n) is 12.1. The summed E-state index contributed by atoms with van der Waals surface area (Å²) in [5, 5.41) is 13.2. The van der Waals surface area contributed by atoms with Crippen molar-refractivity contribution in [3.05, 3.63) is 52.1 Å². The summed E-state index contributed by atoms with van der Waals surface area (Å²) in [6.45, 7) is 5.97. The Kier molecular flexibility index (Phi) is 8.31. The molecule has 3 rings (SSSR count). The van der Waals surface area contributed by atoms with Crippen LogP contribution in [0.25, 0.3) is 0 Å². The van der Waals surface area contributed by atoms with E-state index in [1.165, 1.54) is 12.1 Å². The first-order chi connectivity index (χ1) is 17.4. The van der Waals surface area contributed by atoms with Gasteiger partial charge in [-0.2, -0.15) is 18.3 Å². The molecule has 1 aromatic heterocycles. The van der Waals surface area contributed by atoms with Gasteiger partial charge in [0.2, 0.25) is 0 Å². The Balaban J connectivity index is 1.98. The van der Waals surface area contributed by atoms with Crippen LogP contribution < -0.4 is 0 Å². The fourth-order valence-electron chi connectivity index (χ4n) is 4.74. The van der Waals surface area contributed by atoms with Gasteiger partial charge in [-0.3, -0.25) is 19.1 Å². The van der Waals surface area contributed by atoms with Crippen LogP contribution >= 0.6 is 11.6 Å². The highest BCUT2D eigenvalue weighted by Crippen LogP contribution is 2.43. The van der Waals surface area contributed by atoms with Gasteiger partial charge in [-0.1, -0.05) is 38.4 Å². The van der Waals surface area contributed by atoms with Crippen LogP contribution in [0.2, 0.25) is 5.02 Å². The molecule has 1 aromatic carbocycles. The summed E-state index contributed by atoms with van der Waals surface area (Å²) < 4.78 is 58.0. The van der Waals surface area contributed by atoms with E-state index in [9.17, 15) is 37.1 Å². The average molecular weight is 560 g/mol. The Labute approximate surface area is 222 Å². The number of carboxylic acids is 1. The predicted molar refractivity (Wildman–Crippen MR) is 132 cm³/mol. The third-order valence-corrected chi connectivity index (χ3v) is 7.06. The quantitative estimate of drug-likeness (QED) is 0.319. The van der Waals surface area contributed by atoms with E-state index in [2.05, 4.69) is 5.10 Å². The van der Waals surface area contributed by atoms with Crippen LogP contribution in [0.1, 0.15) is 85.8 Å². The third kappa shape index (κ3) is 6.36. The molecular formula is C26H30ClF4N3O4. The molecule has 1 amide bonds. The number of carbonyl (C=O) groups is 3. The standard InChI is InChI=1S/C26H30ClF4N3O4/c1-24(2,3)14-33(13-19(35)20-17(27)6-5-7-18(20)28)22(36)16-12-32-34(21(16)26(29,30)31)15-8-10-25(4,11-9-15)23(37)38/h5-7,12,15H,8-11,13-14H2,1-4H3,(H,37,38)/t15-,25-. The molecule has 1 heterocycles. The molecule has 1 N–H and O–H groups in total. The molecule has 0 saturated heterocycles. The Morgan fingerprint density at radius 1 is 1.18 bits per heavy atom. The number of nitrogens with zero attached hydrogens (tertiary/aromatic N) is 3. The lowest BCUT2D eigenvalue weighted by atomic mass is 9.74. The van der Waals surface area contributed by atoms with Crippen LogP contribution in [0, 0.1) is 16.6 Å². The van der Waals surface area contributed by atoms with Crippen LogP contribution in [0.5, 0.6) is 0 Å². The summed E-state index contributed by atoms with van der Waals surface area (Å²) in [5.41, 5.74) is -4.11. The van der Waals surface area contributed by atoms with Gasteiger partial charge in [0.1, 0.15) is 5.82 Å². The maximum Gasteiger partial charge on any atom is 0.433 e. The number of aromatic nitrogens is 2. The molecule has 0 atom stereocenters. The van der Waals surface area contributed by atoms with Crippen molar-refractivity contribution in [3.8, 4) is 0 Å². The lowest BCUT2D eigenvalue weighted by Crippen LogP contribution is -2.42. The topological polar surface area (TPSA) is 92.5 Å². The van der Waals surface area contributed by atoms with E-state index in [-0.39, 0.29) is 37.3 Å². The lowest BCUT2D eigenvalue weighted by Gasteiger charge is -2.34. The molecule has 208 valence electrons. The molecule has 1 saturated carbocycles. The van der Waals surface area contributed by atoms with Crippen molar-refractivity contribution in [1.82, 2.24) is 14.7 Å². The van der Waals surface area contributed by atoms with E-state index in [0.29, 0.717) is 0 Å². The Morgan fingerprint density at radius 2 is 1.79 bits per heavy atom. The normalized spacial score (nSPS) is 20.3. The molecule has 0 radical (unpaired) electrons. The number of rotatable bonds is 7. The van der Waals surface area contributed by atoms with Crippen molar-refractivity contribution >= 4 is 29.3 Å². The zero-order valence-corrected chi connectivity index (χ0v) is 22.3. The van der Waals surface area contributed by atoms with E-state index in [4.69, 9.17) is 11.6 Å². The van der Waals surface area contributed by atoms with Crippen molar-refractivity contribution in [2.45, 2.75) is 65.6 Å². The summed E-state index contributed by atoms with van der Waals surface area (Å²) in [6, 6.07) is 2.88. The van der Waals surface area contributed by atoms with Crippen LogP contribution in [0.3, 0.4) is 0 Å². The number of hydrogen-bond donors (Lipinski definition) is 1. The Bertz CT molecular complexity index is 1210. The van der Waals surface area contributed by atoms with Crippen LogP contribution in [-0.2, 0) is 11.0 Å². The van der Waals surface area contributed by atoms with Gasteiger partial charge < -0.3 is 10.0 Å². The minimum absolute atomic E-state index is 0.105. The maximum absolute atomic E-state index is 14.3. The maximum atomic E-state index is 14.3. The average Bonchev–Trinajstić information content (AvgIpc) is 3.23. The van der Waals surface area contributed by atoms with Gasteiger partial charge in [0.15, 0.2) is 11.5 Å². The van der Waals surface area contributed by atoms with E-state index in [0.717, 1.165) is 21.8 Å². The third-order valence-electron chi connectivity index (χ3n) is 6.74. The highest BCUT2D eigenvalue weighted by atomic mass is 35.5. The van der Waals surface area contributed by atoms with E-state index in [1.807, 2.05) is 0 Å². The first kappa shape index (κ1) is 29.6. The molecule has 1 aliphatic carbocycles. The zero-order valence-electron chi connectivity index (χ0n) is 21.5. The Hall–Kier alpha value is -2.95. The van der Waals surface area contributed by atoms with E-state index < -0.39 is 69.9 Å². The molecule has 1 aliphatic rings. The van der Waals surface area contributed by atoms with Crippen LogP contribution in [0.15, 0.2) is 24.4 Å². The number of amides is 1. The number of alkyl halides is 3. The minimum Gasteiger partial charge on any atom is -0.481 e. The van der Waals surface area contributed by atoms with Gasteiger partial charge in [-0.15, -0.1) is 0 Å². The molecule has 0 unspecified atom stereocenters. The largest absolute Gasteiger partial charge is 0.481 e. The van der Waals surface area contributed by atoms with Crippen molar-refractivity contribution in [3.63, 3.8) is 0 Å². The number of ketones is 1. The number of carboxylic acid groups (broad SMARTS) is 1. The molecule has 12 heteroatoms. The van der Waals surface area contributed by atoms with Crippen molar-refractivity contribution in [2.75, 3.05) is 13.1 Å². The molecule has 0 bridgehead atoms. The molecule has 0 spiro atoms. The highest BCUT2D eigenvalue weighted by Gasteiger charge is 2.45. The molecule has 1 fully saturated rings. The van der Waals surface area contributed by atoms with Gasteiger partial charge in [-0.05, 0) is 50.2 Å². The van der Waals surface area contributed by atoms with Gasteiger partial charge in [0.25, 0.3) is 5.91 Å². The van der Waals surface area contributed by atoms with E-state index in [1.54, 1.807) is 27.7 Å². The van der Waals surface area contributed by atoms with Crippen LogP contribution in [-0.4, -0.2) is 50.5 Å². The summed E-state index contributed by atoms with van der Waals surface area (Å²) >= 11 is 5.99. The molecule has 0 aliphatic heterocycles. The molecule has 2 aromatic rings. The molecule has 38 heavy (non-hydrogen) atoms. The monoisotopic (exact) mass is 559 g/mol. The van der Waals surface area contributed by atoms with Gasteiger partial charge in [0.05, 0.1) is 40.3 Å². The number of aliphatic carboxylic acids is 1. The van der Waals surface area contributed by atoms with Gasteiger partial charge in [0, 0.05) is 6.54 Å². The summed E-state index contributed by atoms with van der Waals surface area (Å²) in [6.07, 6.45) is -3.55. The summed E-state index contributed by atoms with van der Waals surface area (Å²) in [4.78, 5) is 39.0. The second-order valence-electron chi connectivity index (χ2n) is 11.2. The Morgan fingerprint density at radius 3 is 2.29 bits per heavy atom. The predicted octanol–water partition coefficient (Wildman–Crippen LogP) is 6.27. The van der Waals surface area contributed by atoms with Crippen molar-refractivity contribution in [2.24, 2.45) is 10.8 Å². The van der Waals surface area contributed by atoms with Crippen LogP contribution in [0.4, 0.5) is 17.6 Å². The first-order valence-corrected chi connectivity index (χ1v) is 12.5. The smallest absolute Gasteiger partial charge is 0.433 e. The number of Topliss-reactive ketones (excluding diaryl/α,β-unsaturated/α-hetero) is 1. The van der Waals surface area contributed by atoms with Crippen molar-refractivity contribution in [1.29, 1.82) is 0 Å². The lowest BCUT2D eigenvalue weighted by molar-refractivity contribution is -0.152. The zero-order chi connectivity index (χ0) is 28.6. The number of halogens is 5. The highest BCUT2D eigenvalue weighted by molar-refractivity contribution is 6.34. The fraction of sp³-hybridized carbons (Fsp3) is 0.538. The van der Waals surface area contributed by atoms with Gasteiger partial charge >= 0.3 is 12.1 Å². The number of carbonyl (C=O) groups excluding carboxylic acids is 2. The molecule has 7 nitrogen and oxygen atoms in total. The minimum atomic E-state index is -4.96.